The maximum Gasteiger partial charge on any atom is 0.0208 e. The van der Waals surface area contributed by atoms with Gasteiger partial charge in [-0.15, -0.1) is 0 Å². The van der Waals surface area contributed by atoms with Crippen LogP contribution >= 0.6 is 0 Å². The van der Waals surface area contributed by atoms with E-state index in [0.29, 0.717) is 12.0 Å². The molecule has 0 radical (unpaired) electrons. The van der Waals surface area contributed by atoms with Crippen LogP contribution in [-0.4, -0.2) is 6.04 Å². The molecule has 0 spiro atoms. The summed E-state index contributed by atoms with van der Waals surface area (Å²) in [7, 11) is 0. The van der Waals surface area contributed by atoms with Crippen LogP contribution in [0.2, 0.25) is 0 Å². The molecule has 0 bridgehead atoms. The maximum atomic E-state index is 3.54. The summed E-state index contributed by atoms with van der Waals surface area (Å²) >= 11 is 0. The lowest BCUT2D eigenvalue weighted by Crippen LogP contribution is -2.30. The second kappa shape index (κ2) is 5.92. The highest BCUT2D eigenvalue weighted by Gasteiger charge is 2.05. The Labute approximate surface area is 93.9 Å². The fourth-order valence-corrected chi connectivity index (χ4v) is 1.41. The van der Waals surface area contributed by atoms with E-state index >= 15 is 0 Å². The Hall–Kier alpha value is -0.820. The molecular weight excluding hydrogens is 182 g/mol. The minimum Gasteiger partial charge on any atom is -0.310 e. The van der Waals surface area contributed by atoms with Gasteiger partial charge in [0.1, 0.15) is 0 Å². The monoisotopic (exact) mass is 205 g/mol. The second-order valence-electron chi connectivity index (χ2n) is 4.58. The molecule has 0 unspecified atom stereocenters. The molecule has 0 aliphatic rings. The quantitative estimate of drug-likeness (QED) is 0.777. The zero-order valence-corrected chi connectivity index (χ0v) is 10.4. The Bertz CT molecular complexity index is 274. The summed E-state index contributed by atoms with van der Waals surface area (Å²) < 4.78 is 0. The second-order valence-corrected chi connectivity index (χ2v) is 4.58. The lowest BCUT2D eigenvalue weighted by atomic mass is 10.1. The Morgan fingerprint density at radius 3 is 2.00 bits per heavy atom. The van der Waals surface area contributed by atoms with Gasteiger partial charge in [0.05, 0.1) is 0 Å². The minimum absolute atomic E-state index is 0.579. The van der Waals surface area contributed by atoms with Crippen molar-refractivity contribution in [2.75, 3.05) is 0 Å². The van der Waals surface area contributed by atoms with Gasteiger partial charge in [-0.05, 0) is 30.4 Å². The Morgan fingerprint density at radius 1 is 1.00 bits per heavy atom. The first kappa shape index (κ1) is 12.3. The van der Waals surface area contributed by atoms with Crippen LogP contribution in [0.4, 0.5) is 0 Å². The molecule has 15 heavy (non-hydrogen) atoms. The third kappa shape index (κ3) is 4.05. The molecule has 1 rings (SSSR count). The van der Waals surface area contributed by atoms with Gasteiger partial charge >= 0.3 is 0 Å². The van der Waals surface area contributed by atoms with Gasteiger partial charge in [-0.25, -0.2) is 0 Å². The predicted molar refractivity (Wildman–Crippen MR) is 67.0 cm³/mol. The fraction of sp³-hybridized carbons (Fsp3) is 0.571. The molecule has 0 fully saturated rings. The zero-order valence-electron chi connectivity index (χ0n) is 10.4. The molecule has 1 aromatic rings. The van der Waals surface area contributed by atoms with E-state index in [-0.39, 0.29) is 0 Å². The summed E-state index contributed by atoms with van der Waals surface area (Å²) in [6.45, 7) is 9.90. The summed E-state index contributed by atoms with van der Waals surface area (Å²) in [5, 5.41) is 3.54. The Balaban J connectivity index is 2.44. The van der Waals surface area contributed by atoms with Crippen molar-refractivity contribution in [2.24, 2.45) is 5.92 Å². The summed E-state index contributed by atoms with van der Waals surface area (Å²) in [4.78, 5) is 0. The molecule has 0 aromatic heterocycles. The molecule has 1 heteroatoms. The number of benzene rings is 1. The first-order chi connectivity index (χ1) is 7.13. The molecule has 1 atom stereocenters. The van der Waals surface area contributed by atoms with Gasteiger partial charge in [0.2, 0.25) is 0 Å². The molecule has 0 amide bonds. The van der Waals surface area contributed by atoms with Crippen molar-refractivity contribution in [1.82, 2.24) is 5.32 Å². The molecule has 84 valence electrons. The highest BCUT2D eigenvalue weighted by Crippen LogP contribution is 2.06. The van der Waals surface area contributed by atoms with Crippen molar-refractivity contribution < 1.29 is 0 Å². The van der Waals surface area contributed by atoms with Crippen LogP contribution in [0.1, 0.15) is 38.8 Å². The van der Waals surface area contributed by atoms with Gasteiger partial charge in [-0.3, -0.25) is 0 Å². The molecule has 0 aliphatic heterocycles. The molecule has 1 N–H and O–H groups in total. The van der Waals surface area contributed by atoms with Crippen molar-refractivity contribution in [3.63, 3.8) is 0 Å². The summed E-state index contributed by atoms with van der Waals surface area (Å²) in [6.07, 6.45) is 1.12. The number of nitrogens with one attached hydrogen (secondary N) is 1. The lowest BCUT2D eigenvalue weighted by molar-refractivity contribution is 0.426. The molecule has 0 saturated heterocycles. The summed E-state index contributed by atoms with van der Waals surface area (Å²) in [5.41, 5.74) is 2.79. The normalized spacial score (nSPS) is 13.1. The average molecular weight is 205 g/mol. The van der Waals surface area contributed by atoms with Gasteiger partial charge in [0.15, 0.2) is 0 Å². The van der Waals surface area contributed by atoms with Crippen molar-refractivity contribution in [1.29, 1.82) is 0 Å². The third-order valence-corrected chi connectivity index (χ3v) is 3.06. The highest BCUT2D eigenvalue weighted by atomic mass is 14.9. The molecule has 0 heterocycles. The number of hydrogen-bond acceptors (Lipinski definition) is 1. The smallest absolute Gasteiger partial charge is 0.0208 e. The first-order valence-corrected chi connectivity index (χ1v) is 5.94. The van der Waals surface area contributed by atoms with Crippen LogP contribution in [-0.2, 0) is 13.0 Å². The average Bonchev–Trinajstić information content (AvgIpc) is 2.26. The minimum atomic E-state index is 0.579. The highest BCUT2D eigenvalue weighted by molar-refractivity contribution is 5.22. The first-order valence-electron chi connectivity index (χ1n) is 5.94. The van der Waals surface area contributed by atoms with Crippen LogP contribution < -0.4 is 5.32 Å². The van der Waals surface area contributed by atoms with E-state index in [2.05, 4.69) is 57.3 Å². The van der Waals surface area contributed by atoms with Crippen LogP contribution in [0, 0.1) is 5.92 Å². The van der Waals surface area contributed by atoms with Crippen LogP contribution in [0.5, 0.6) is 0 Å². The van der Waals surface area contributed by atoms with Crippen molar-refractivity contribution in [3.8, 4) is 0 Å². The van der Waals surface area contributed by atoms with Gasteiger partial charge in [0.25, 0.3) is 0 Å². The summed E-state index contributed by atoms with van der Waals surface area (Å²) in [5.74, 6) is 0.694. The van der Waals surface area contributed by atoms with E-state index in [1.54, 1.807) is 0 Å². The molecule has 0 aliphatic carbocycles. The lowest BCUT2D eigenvalue weighted by Gasteiger charge is -2.17. The van der Waals surface area contributed by atoms with Crippen molar-refractivity contribution >= 4 is 0 Å². The summed E-state index contributed by atoms with van der Waals surface area (Å²) in [6, 6.07) is 9.46. The van der Waals surface area contributed by atoms with E-state index in [0.717, 1.165) is 13.0 Å². The standard InChI is InChI=1S/C14H23N/c1-5-13-6-8-14(9-7-13)10-15-12(4)11(2)3/h6-9,11-12,15H,5,10H2,1-4H3/t12-/m1/s1. The number of aryl methyl sites for hydroxylation is 1. The fourth-order valence-electron chi connectivity index (χ4n) is 1.41. The van der Waals surface area contributed by atoms with Gasteiger partial charge in [-0.1, -0.05) is 45.0 Å². The number of rotatable bonds is 5. The zero-order chi connectivity index (χ0) is 11.3. The van der Waals surface area contributed by atoms with Gasteiger partial charge in [0, 0.05) is 12.6 Å². The molecular formula is C14H23N. The molecule has 1 nitrogen and oxygen atoms in total. The van der Waals surface area contributed by atoms with Crippen LogP contribution in [0.3, 0.4) is 0 Å². The van der Waals surface area contributed by atoms with Gasteiger partial charge in [-0.2, -0.15) is 0 Å². The largest absolute Gasteiger partial charge is 0.310 e. The Kier molecular flexibility index (Phi) is 4.83. The maximum absolute atomic E-state index is 3.54. The topological polar surface area (TPSA) is 12.0 Å². The van der Waals surface area contributed by atoms with Crippen molar-refractivity contribution in [2.45, 2.75) is 46.7 Å². The van der Waals surface area contributed by atoms with E-state index in [4.69, 9.17) is 0 Å². The van der Waals surface area contributed by atoms with E-state index in [1.807, 2.05) is 0 Å². The SMILES string of the molecule is CCc1ccc(CN[C@H](C)C(C)C)cc1. The van der Waals surface area contributed by atoms with E-state index in [1.165, 1.54) is 11.1 Å². The van der Waals surface area contributed by atoms with Crippen LogP contribution in [0.25, 0.3) is 0 Å². The molecule has 1 aromatic carbocycles. The van der Waals surface area contributed by atoms with Gasteiger partial charge < -0.3 is 5.32 Å². The number of hydrogen-bond donors (Lipinski definition) is 1. The van der Waals surface area contributed by atoms with Crippen LogP contribution in [0.15, 0.2) is 24.3 Å². The third-order valence-electron chi connectivity index (χ3n) is 3.06. The van der Waals surface area contributed by atoms with E-state index in [9.17, 15) is 0 Å². The Morgan fingerprint density at radius 2 is 1.53 bits per heavy atom. The van der Waals surface area contributed by atoms with Crippen molar-refractivity contribution in [3.05, 3.63) is 35.4 Å². The molecule has 0 saturated carbocycles. The predicted octanol–water partition coefficient (Wildman–Crippen LogP) is 3.38. The van der Waals surface area contributed by atoms with E-state index < -0.39 is 0 Å².